The van der Waals surface area contributed by atoms with Crippen molar-refractivity contribution in [2.45, 2.75) is 78.4 Å². The Morgan fingerprint density at radius 1 is 0.692 bits per heavy atom. The van der Waals surface area contributed by atoms with Crippen molar-refractivity contribution < 1.29 is 29.2 Å². The number of hydrogen-bond donors (Lipinski definition) is 2. The first-order chi connectivity index (χ1) is 12.6. The Kier molecular flexibility index (Phi) is 26.6. The third kappa shape index (κ3) is 28.6. The van der Waals surface area contributed by atoms with Crippen molar-refractivity contribution in [3.8, 4) is 0 Å². The summed E-state index contributed by atoms with van der Waals surface area (Å²) in [6, 6.07) is 0. The first kappa shape index (κ1) is 28.0. The first-order valence-electron chi connectivity index (χ1n) is 10.2. The van der Waals surface area contributed by atoms with Crippen molar-refractivity contribution in [2.75, 3.05) is 52.9 Å². The molecule has 0 radical (unpaired) electrons. The zero-order valence-electron chi connectivity index (χ0n) is 17.6. The molecule has 0 rings (SSSR count). The highest BCUT2D eigenvalue weighted by Gasteiger charge is 2.01. The smallest absolute Gasteiger partial charge is 0.0780 e. The average molecular weight is 381 g/mol. The van der Waals surface area contributed by atoms with Crippen LogP contribution in [0.3, 0.4) is 0 Å². The minimum atomic E-state index is -0.360. The molecule has 6 heteroatoms. The molecule has 0 saturated heterocycles. The van der Waals surface area contributed by atoms with Crippen molar-refractivity contribution in [3.05, 3.63) is 0 Å². The van der Waals surface area contributed by atoms with Crippen LogP contribution in [0.15, 0.2) is 0 Å². The minimum Gasteiger partial charge on any atom is -0.396 e. The van der Waals surface area contributed by atoms with Crippen molar-refractivity contribution in [1.29, 1.82) is 0 Å². The molecule has 0 aliphatic heterocycles. The third-order valence-electron chi connectivity index (χ3n) is 3.28. The van der Waals surface area contributed by atoms with E-state index >= 15 is 0 Å². The quantitative estimate of drug-likeness (QED) is 0.356. The SMILES string of the molecule is CCCCOCC(C)OCCCO.CCCCOCCCOCC(C)O. The van der Waals surface area contributed by atoms with Crippen molar-refractivity contribution in [3.63, 3.8) is 0 Å². The fraction of sp³-hybridized carbons (Fsp3) is 1.00. The largest absolute Gasteiger partial charge is 0.396 e. The van der Waals surface area contributed by atoms with Gasteiger partial charge in [0.15, 0.2) is 0 Å². The summed E-state index contributed by atoms with van der Waals surface area (Å²) in [6.45, 7) is 13.0. The second kappa shape index (κ2) is 24.8. The van der Waals surface area contributed by atoms with Gasteiger partial charge < -0.3 is 29.2 Å². The van der Waals surface area contributed by atoms with Crippen LogP contribution in [0.25, 0.3) is 0 Å². The Morgan fingerprint density at radius 2 is 1.23 bits per heavy atom. The van der Waals surface area contributed by atoms with E-state index in [4.69, 9.17) is 29.2 Å². The van der Waals surface area contributed by atoms with Crippen LogP contribution in [0.1, 0.15) is 66.2 Å². The van der Waals surface area contributed by atoms with Crippen LogP contribution in [0.4, 0.5) is 0 Å². The molecule has 0 heterocycles. The first-order valence-corrected chi connectivity index (χ1v) is 10.2. The molecule has 0 amide bonds. The van der Waals surface area contributed by atoms with E-state index in [9.17, 15) is 0 Å². The molecule has 0 aromatic rings. The number of rotatable bonds is 18. The van der Waals surface area contributed by atoms with Crippen LogP contribution < -0.4 is 0 Å². The number of aliphatic hydroxyl groups excluding tert-OH is 2. The molecular weight excluding hydrogens is 336 g/mol. The summed E-state index contributed by atoms with van der Waals surface area (Å²) in [5.74, 6) is 0. The predicted octanol–water partition coefficient (Wildman–Crippen LogP) is 3.18. The van der Waals surface area contributed by atoms with Gasteiger partial charge in [-0.3, -0.25) is 0 Å². The second-order valence-electron chi connectivity index (χ2n) is 6.43. The lowest BCUT2D eigenvalue weighted by molar-refractivity contribution is -0.0110. The summed E-state index contributed by atoms with van der Waals surface area (Å²) in [5.41, 5.74) is 0. The summed E-state index contributed by atoms with van der Waals surface area (Å²) in [5, 5.41) is 17.4. The van der Waals surface area contributed by atoms with E-state index in [2.05, 4.69) is 13.8 Å². The van der Waals surface area contributed by atoms with E-state index in [0.717, 1.165) is 39.1 Å². The zero-order valence-corrected chi connectivity index (χ0v) is 17.6. The molecule has 0 bridgehead atoms. The van der Waals surface area contributed by atoms with E-state index in [1.54, 1.807) is 6.92 Å². The molecule has 2 N–H and O–H groups in total. The molecule has 0 aliphatic carbocycles. The average Bonchev–Trinajstić information content (AvgIpc) is 2.61. The van der Waals surface area contributed by atoms with Crippen LogP contribution in [0.2, 0.25) is 0 Å². The fourth-order valence-corrected chi connectivity index (χ4v) is 1.76. The van der Waals surface area contributed by atoms with Gasteiger partial charge in [-0.05, 0) is 39.5 Å². The molecule has 0 aromatic carbocycles. The monoisotopic (exact) mass is 380 g/mol. The molecule has 6 nitrogen and oxygen atoms in total. The number of aliphatic hydroxyl groups is 2. The molecule has 160 valence electrons. The lowest BCUT2D eigenvalue weighted by atomic mass is 10.3. The highest BCUT2D eigenvalue weighted by atomic mass is 16.5. The highest BCUT2D eigenvalue weighted by Crippen LogP contribution is 1.95. The van der Waals surface area contributed by atoms with Gasteiger partial charge in [0.1, 0.15) is 0 Å². The van der Waals surface area contributed by atoms with Gasteiger partial charge in [-0.25, -0.2) is 0 Å². The van der Waals surface area contributed by atoms with Gasteiger partial charge in [0.25, 0.3) is 0 Å². The standard InChI is InChI=1S/2C10H22O3/c1-3-4-7-12-9-10(2)13-8-5-6-11;1-3-4-6-12-7-5-8-13-9-10(2)11/h2*10-11H,3-9H2,1-2H3. The molecule has 0 saturated carbocycles. The van der Waals surface area contributed by atoms with Gasteiger partial charge in [0.2, 0.25) is 0 Å². The van der Waals surface area contributed by atoms with Crippen molar-refractivity contribution in [2.24, 2.45) is 0 Å². The van der Waals surface area contributed by atoms with Gasteiger partial charge >= 0.3 is 0 Å². The maximum atomic E-state index is 8.87. The topological polar surface area (TPSA) is 77.4 Å². The molecule has 0 fully saturated rings. The number of unbranched alkanes of at least 4 members (excludes halogenated alkanes) is 2. The Balaban J connectivity index is 0. The molecule has 2 atom stereocenters. The maximum Gasteiger partial charge on any atom is 0.0780 e. The van der Waals surface area contributed by atoms with Crippen LogP contribution in [-0.4, -0.2) is 75.3 Å². The van der Waals surface area contributed by atoms with Gasteiger partial charge in [0, 0.05) is 39.6 Å². The van der Waals surface area contributed by atoms with Crippen LogP contribution in [0, 0.1) is 0 Å². The molecule has 0 aromatic heterocycles. The van der Waals surface area contributed by atoms with Gasteiger partial charge in [0.05, 0.1) is 25.4 Å². The van der Waals surface area contributed by atoms with E-state index in [1.807, 2.05) is 6.92 Å². The lowest BCUT2D eigenvalue weighted by Gasteiger charge is -2.12. The number of ether oxygens (including phenoxy) is 4. The highest BCUT2D eigenvalue weighted by molar-refractivity contribution is 4.47. The number of hydrogen-bond acceptors (Lipinski definition) is 6. The lowest BCUT2D eigenvalue weighted by Crippen LogP contribution is -2.17. The van der Waals surface area contributed by atoms with E-state index in [0.29, 0.717) is 32.8 Å². The Hall–Kier alpha value is -0.240. The summed E-state index contributed by atoms with van der Waals surface area (Å²) in [7, 11) is 0. The summed E-state index contributed by atoms with van der Waals surface area (Å²) < 4.78 is 21.3. The Morgan fingerprint density at radius 3 is 1.81 bits per heavy atom. The summed E-state index contributed by atoms with van der Waals surface area (Å²) in [6.07, 6.45) is 6.00. The maximum absolute atomic E-state index is 8.87. The fourth-order valence-electron chi connectivity index (χ4n) is 1.76. The van der Waals surface area contributed by atoms with Gasteiger partial charge in [-0.15, -0.1) is 0 Å². The van der Waals surface area contributed by atoms with Gasteiger partial charge in [-0.1, -0.05) is 26.7 Å². The summed E-state index contributed by atoms with van der Waals surface area (Å²) >= 11 is 0. The molecule has 0 spiro atoms. The van der Waals surface area contributed by atoms with E-state index in [1.165, 1.54) is 12.8 Å². The zero-order chi connectivity index (χ0) is 19.9. The Labute approximate surface area is 161 Å². The van der Waals surface area contributed by atoms with Crippen molar-refractivity contribution in [1.82, 2.24) is 0 Å². The summed E-state index contributed by atoms with van der Waals surface area (Å²) in [4.78, 5) is 0. The molecule has 0 aliphatic rings. The van der Waals surface area contributed by atoms with Crippen LogP contribution >= 0.6 is 0 Å². The van der Waals surface area contributed by atoms with Crippen LogP contribution in [0.5, 0.6) is 0 Å². The third-order valence-corrected chi connectivity index (χ3v) is 3.28. The normalized spacial score (nSPS) is 13.2. The van der Waals surface area contributed by atoms with E-state index < -0.39 is 0 Å². The van der Waals surface area contributed by atoms with E-state index in [-0.39, 0.29) is 18.8 Å². The predicted molar refractivity (Wildman–Crippen MR) is 106 cm³/mol. The Bertz CT molecular complexity index is 238. The van der Waals surface area contributed by atoms with Gasteiger partial charge in [-0.2, -0.15) is 0 Å². The minimum absolute atomic E-state index is 0.142. The van der Waals surface area contributed by atoms with Crippen LogP contribution in [-0.2, 0) is 18.9 Å². The van der Waals surface area contributed by atoms with Crippen molar-refractivity contribution >= 4 is 0 Å². The molecular formula is C20H44O6. The second-order valence-corrected chi connectivity index (χ2v) is 6.43. The molecule has 26 heavy (non-hydrogen) atoms. The molecule has 2 unspecified atom stereocenters.